The fourth-order valence-electron chi connectivity index (χ4n) is 3.21. The molecule has 1 heterocycles. The van der Waals surface area contributed by atoms with Gasteiger partial charge in [0, 0.05) is 12.5 Å². The molecule has 2 fully saturated rings. The van der Waals surface area contributed by atoms with Gasteiger partial charge in [-0.2, -0.15) is 0 Å². The van der Waals surface area contributed by atoms with Crippen molar-refractivity contribution in [3.05, 3.63) is 0 Å². The topological polar surface area (TPSA) is 41.1 Å². The lowest BCUT2D eigenvalue weighted by molar-refractivity contribution is -0.124. The Balaban J connectivity index is 1.89. The summed E-state index contributed by atoms with van der Waals surface area (Å²) in [5.41, 5.74) is 0. The van der Waals surface area contributed by atoms with E-state index in [2.05, 4.69) is 23.5 Å². The number of hydrogen-bond acceptors (Lipinski definition) is 2. The Hall–Kier alpha value is -1.01. The molecule has 0 aromatic heterocycles. The van der Waals surface area contributed by atoms with Crippen LogP contribution in [0.4, 0.5) is 0 Å². The molecule has 17 heavy (non-hydrogen) atoms. The molecule has 1 aliphatic heterocycles. The van der Waals surface area contributed by atoms with Gasteiger partial charge in [-0.1, -0.05) is 13.3 Å². The van der Waals surface area contributed by atoms with Gasteiger partial charge in [-0.15, -0.1) is 12.3 Å². The van der Waals surface area contributed by atoms with Gasteiger partial charge in [-0.3, -0.25) is 4.79 Å². The summed E-state index contributed by atoms with van der Waals surface area (Å²) in [5, 5.41) is 6.44. The first kappa shape index (κ1) is 12.4. The molecule has 2 rings (SSSR count). The Labute approximate surface area is 104 Å². The smallest absolute Gasteiger partial charge is 0.237 e. The lowest BCUT2D eigenvalue weighted by Crippen LogP contribution is -2.47. The summed E-state index contributed by atoms with van der Waals surface area (Å²) in [6.07, 6.45) is 10.6. The minimum Gasteiger partial charge on any atom is -0.351 e. The van der Waals surface area contributed by atoms with E-state index in [0.717, 1.165) is 18.9 Å². The quantitative estimate of drug-likeness (QED) is 0.720. The maximum absolute atomic E-state index is 12.2. The van der Waals surface area contributed by atoms with Crippen LogP contribution in [0.2, 0.25) is 0 Å². The van der Waals surface area contributed by atoms with Gasteiger partial charge in [0.1, 0.15) is 0 Å². The number of nitrogens with one attached hydrogen (secondary N) is 2. The fraction of sp³-hybridized carbons (Fsp3) is 0.786. The van der Waals surface area contributed by atoms with Crippen LogP contribution in [0.25, 0.3) is 0 Å². The summed E-state index contributed by atoms with van der Waals surface area (Å²) in [5.74, 6) is 4.05. The lowest BCUT2D eigenvalue weighted by Gasteiger charge is -2.21. The fourth-order valence-corrected chi connectivity index (χ4v) is 3.21. The molecule has 1 saturated carbocycles. The second-order valence-corrected chi connectivity index (χ2v) is 5.26. The molecule has 1 saturated heterocycles. The molecule has 1 aliphatic carbocycles. The summed E-state index contributed by atoms with van der Waals surface area (Å²) in [4.78, 5) is 12.2. The van der Waals surface area contributed by atoms with Crippen LogP contribution in [0, 0.1) is 24.2 Å². The van der Waals surface area contributed by atoms with Crippen LogP contribution in [0.1, 0.15) is 39.0 Å². The third kappa shape index (κ3) is 2.63. The van der Waals surface area contributed by atoms with Crippen LogP contribution in [-0.4, -0.2) is 24.5 Å². The Morgan fingerprint density at radius 3 is 3.12 bits per heavy atom. The number of hydrogen-bond donors (Lipinski definition) is 2. The van der Waals surface area contributed by atoms with Gasteiger partial charge in [0.15, 0.2) is 0 Å². The van der Waals surface area contributed by atoms with E-state index in [1.807, 2.05) is 0 Å². The average molecular weight is 234 g/mol. The Morgan fingerprint density at radius 1 is 1.59 bits per heavy atom. The summed E-state index contributed by atoms with van der Waals surface area (Å²) >= 11 is 0. The molecule has 3 heteroatoms. The van der Waals surface area contributed by atoms with Crippen molar-refractivity contribution in [1.29, 1.82) is 0 Å². The lowest BCUT2D eigenvalue weighted by atomic mass is 9.93. The van der Waals surface area contributed by atoms with Crippen molar-refractivity contribution < 1.29 is 4.79 Å². The second-order valence-electron chi connectivity index (χ2n) is 5.26. The molecule has 0 aromatic carbocycles. The zero-order chi connectivity index (χ0) is 12.3. The summed E-state index contributed by atoms with van der Waals surface area (Å²) in [6.45, 7) is 3.07. The monoisotopic (exact) mass is 234 g/mol. The third-order valence-electron chi connectivity index (χ3n) is 4.23. The minimum atomic E-state index is 0.0225. The number of carbonyl (C=O) groups excluding carboxylic acids is 1. The third-order valence-corrected chi connectivity index (χ3v) is 4.23. The van der Waals surface area contributed by atoms with E-state index in [-0.39, 0.29) is 18.0 Å². The van der Waals surface area contributed by atoms with Crippen molar-refractivity contribution in [3.63, 3.8) is 0 Å². The molecule has 1 amide bonds. The minimum absolute atomic E-state index is 0.0225. The van der Waals surface area contributed by atoms with E-state index in [0.29, 0.717) is 12.3 Å². The van der Waals surface area contributed by atoms with Crippen molar-refractivity contribution >= 4 is 5.91 Å². The Kier molecular flexibility index (Phi) is 4.06. The first-order valence-electron chi connectivity index (χ1n) is 6.73. The first-order chi connectivity index (χ1) is 8.26. The van der Waals surface area contributed by atoms with Gasteiger partial charge in [0.25, 0.3) is 0 Å². The number of fused-ring (bicyclic) bond motifs is 1. The Bertz CT molecular complexity index is 321. The van der Waals surface area contributed by atoms with Gasteiger partial charge in [-0.25, -0.2) is 0 Å². The molecule has 4 atom stereocenters. The highest BCUT2D eigenvalue weighted by molar-refractivity contribution is 5.82. The van der Waals surface area contributed by atoms with E-state index in [9.17, 15) is 4.79 Å². The maximum Gasteiger partial charge on any atom is 0.237 e. The molecule has 3 nitrogen and oxygen atoms in total. The molecular weight excluding hydrogens is 212 g/mol. The second kappa shape index (κ2) is 5.55. The maximum atomic E-state index is 12.2. The predicted octanol–water partition coefficient (Wildman–Crippen LogP) is 1.29. The summed E-state index contributed by atoms with van der Waals surface area (Å²) in [6, 6.07) is 0.157. The number of rotatable bonds is 4. The summed E-state index contributed by atoms with van der Waals surface area (Å²) in [7, 11) is 0. The van der Waals surface area contributed by atoms with Crippen LogP contribution in [0.3, 0.4) is 0 Å². The van der Waals surface area contributed by atoms with E-state index >= 15 is 0 Å². The molecular formula is C14H22N2O. The SMILES string of the molecule is C#CCC(CC)NC(=O)C1NCC2CCCC21. The molecule has 2 aliphatic rings. The van der Waals surface area contributed by atoms with Gasteiger partial charge in [-0.05, 0) is 37.6 Å². The predicted molar refractivity (Wildman–Crippen MR) is 68.3 cm³/mol. The standard InChI is InChI=1S/C14H22N2O/c1-3-6-11(4-2)16-14(17)13-12-8-5-7-10(12)9-15-13/h1,10-13,15H,4-9H2,2H3,(H,16,17). The highest BCUT2D eigenvalue weighted by atomic mass is 16.2. The van der Waals surface area contributed by atoms with Crippen molar-refractivity contribution in [3.8, 4) is 12.3 Å². The molecule has 0 spiro atoms. The normalized spacial score (nSPS) is 32.8. The number of terminal acetylenes is 1. The molecule has 0 bridgehead atoms. The molecule has 0 aromatic rings. The van der Waals surface area contributed by atoms with Crippen LogP contribution >= 0.6 is 0 Å². The van der Waals surface area contributed by atoms with Gasteiger partial charge < -0.3 is 10.6 Å². The summed E-state index contributed by atoms with van der Waals surface area (Å²) < 4.78 is 0. The van der Waals surface area contributed by atoms with Crippen LogP contribution < -0.4 is 10.6 Å². The zero-order valence-electron chi connectivity index (χ0n) is 10.5. The van der Waals surface area contributed by atoms with E-state index in [1.165, 1.54) is 19.3 Å². The first-order valence-corrected chi connectivity index (χ1v) is 6.73. The van der Waals surface area contributed by atoms with Gasteiger partial charge in [0.2, 0.25) is 5.91 Å². The molecule has 2 N–H and O–H groups in total. The van der Waals surface area contributed by atoms with Crippen molar-refractivity contribution in [1.82, 2.24) is 10.6 Å². The van der Waals surface area contributed by atoms with Gasteiger partial charge in [0.05, 0.1) is 6.04 Å². The Morgan fingerprint density at radius 2 is 2.41 bits per heavy atom. The van der Waals surface area contributed by atoms with Crippen LogP contribution in [0.15, 0.2) is 0 Å². The molecule has 0 radical (unpaired) electrons. The average Bonchev–Trinajstić information content (AvgIpc) is 2.89. The van der Waals surface area contributed by atoms with Crippen LogP contribution in [-0.2, 0) is 4.79 Å². The zero-order valence-corrected chi connectivity index (χ0v) is 10.5. The highest BCUT2D eigenvalue weighted by Gasteiger charge is 2.42. The molecule has 94 valence electrons. The highest BCUT2D eigenvalue weighted by Crippen LogP contribution is 2.37. The van der Waals surface area contributed by atoms with E-state index < -0.39 is 0 Å². The van der Waals surface area contributed by atoms with Gasteiger partial charge >= 0.3 is 0 Å². The van der Waals surface area contributed by atoms with Crippen LogP contribution in [0.5, 0.6) is 0 Å². The largest absolute Gasteiger partial charge is 0.351 e. The van der Waals surface area contributed by atoms with Crippen molar-refractivity contribution in [2.45, 2.75) is 51.1 Å². The molecule has 4 unspecified atom stereocenters. The van der Waals surface area contributed by atoms with Crippen molar-refractivity contribution in [2.75, 3.05) is 6.54 Å². The number of carbonyl (C=O) groups is 1. The van der Waals surface area contributed by atoms with Crippen molar-refractivity contribution in [2.24, 2.45) is 11.8 Å². The van der Waals surface area contributed by atoms with E-state index in [1.54, 1.807) is 0 Å². The number of amides is 1. The van der Waals surface area contributed by atoms with E-state index in [4.69, 9.17) is 6.42 Å².